The Labute approximate surface area is 169 Å². The highest BCUT2D eigenvalue weighted by Gasteiger charge is 2.39. The zero-order valence-corrected chi connectivity index (χ0v) is 17.0. The third-order valence-electron chi connectivity index (χ3n) is 5.41. The van der Waals surface area contributed by atoms with E-state index in [1.54, 1.807) is 26.3 Å². The summed E-state index contributed by atoms with van der Waals surface area (Å²) in [5.74, 6) is 2.80. The number of methoxy groups -OCH3 is 1. The van der Waals surface area contributed by atoms with Crippen molar-refractivity contribution >= 4 is 5.91 Å². The average Bonchev–Trinajstić information content (AvgIpc) is 3.37. The maximum atomic E-state index is 12.8. The summed E-state index contributed by atoms with van der Waals surface area (Å²) in [5, 5.41) is 3.86. The molecule has 7 heteroatoms. The number of aromatic nitrogens is 2. The molecule has 3 aromatic rings. The van der Waals surface area contributed by atoms with Gasteiger partial charge in [-0.25, -0.2) is 4.98 Å². The van der Waals surface area contributed by atoms with Crippen LogP contribution in [0.1, 0.15) is 53.2 Å². The number of amides is 1. The van der Waals surface area contributed by atoms with Gasteiger partial charge in [0.05, 0.1) is 18.7 Å². The summed E-state index contributed by atoms with van der Waals surface area (Å²) in [5.41, 5.74) is 1.11. The van der Waals surface area contributed by atoms with Gasteiger partial charge in [-0.2, -0.15) is 0 Å². The molecule has 152 valence electrons. The van der Waals surface area contributed by atoms with Crippen LogP contribution in [0.2, 0.25) is 0 Å². The molecule has 0 radical (unpaired) electrons. The summed E-state index contributed by atoms with van der Waals surface area (Å²) in [6.45, 7) is 5.11. The van der Waals surface area contributed by atoms with Crippen molar-refractivity contribution in [1.29, 1.82) is 0 Å². The van der Waals surface area contributed by atoms with Gasteiger partial charge in [0.1, 0.15) is 17.3 Å². The topological polar surface area (TPSA) is 81.6 Å². The van der Waals surface area contributed by atoms with Gasteiger partial charge in [-0.3, -0.25) is 4.79 Å². The van der Waals surface area contributed by atoms with Crippen LogP contribution >= 0.6 is 0 Å². The monoisotopic (exact) mass is 395 g/mol. The minimum absolute atomic E-state index is 0.115. The van der Waals surface area contributed by atoms with E-state index in [-0.39, 0.29) is 11.3 Å². The van der Waals surface area contributed by atoms with Gasteiger partial charge in [-0.15, -0.1) is 0 Å². The first-order chi connectivity index (χ1) is 14.0. The predicted molar refractivity (Wildman–Crippen MR) is 106 cm³/mol. The lowest BCUT2D eigenvalue weighted by atomic mass is 9.81. The van der Waals surface area contributed by atoms with Crippen molar-refractivity contribution < 1.29 is 18.5 Å². The lowest BCUT2D eigenvalue weighted by Gasteiger charge is -2.38. The van der Waals surface area contributed by atoms with Crippen molar-refractivity contribution in [2.75, 3.05) is 20.2 Å². The highest BCUT2D eigenvalue weighted by atomic mass is 16.5. The van der Waals surface area contributed by atoms with Gasteiger partial charge in [0.25, 0.3) is 5.91 Å². The molecule has 1 aromatic carbocycles. The first-order valence-electron chi connectivity index (χ1n) is 9.77. The minimum atomic E-state index is -0.334. The Hall–Kier alpha value is -3.09. The standard InChI is InChI=1S/C22H25N3O4/c1-15-10-19(24-29-15)20(26)25-9-5-8-22(2,14-25)21-23-13-18(28-21)12-16-6-4-7-17(11-16)27-3/h4,6-7,10-11,13H,5,8-9,12,14H2,1-3H3/t22-/m0/s1. The fourth-order valence-electron chi connectivity index (χ4n) is 3.87. The van der Waals surface area contributed by atoms with E-state index in [1.807, 2.05) is 29.2 Å². The Kier molecular flexibility index (Phi) is 5.13. The minimum Gasteiger partial charge on any atom is -0.497 e. The molecule has 1 atom stereocenters. The van der Waals surface area contributed by atoms with Gasteiger partial charge < -0.3 is 18.6 Å². The molecule has 7 nitrogen and oxygen atoms in total. The molecular formula is C22H25N3O4. The second-order valence-electron chi connectivity index (χ2n) is 7.87. The second-order valence-corrected chi connectivity index (χ2v) is 7.87. The van der Waals surface area contributed by atoms with Gasteiger partial charge in [0, 0.05) is 25.6 Å². The number of hydrogen-bond acceptors (Lipinski definition) is 6. The molecule has 0 aliphatic carbocycles. The number of benzene rings is 1. The van der Waals surface area contributed by atoms with Crippen LogP contribution in [0, 0.1) is 6.92 Å². The maximum Gasteiger partial charge on any atom is 0.276 e. The van der Waals surface area contributed by atoms with Crippen molar-refractivity contribution in [3.05, 3.63) is 65.2 Å². The van der Waals surface area contributed by atoms with E-state index in [0.29, 0.717) is 36.9 Å². The van der Waals surface area contributed by atoms with Crippen LogP contribution in [0.25, 0.3) is 0 Å². The largest absolute Gasteiger partial charge is 0.497 e. The third-order valence-corrected chi connectivity index (χ3v) is 5.41. The van der Waals surface area contributed by atoms with Crippen molar-refractivity contribution in [2.24, 2.45) is 0 Å². The molecule has 1 aliphatic rings. The number of piperidine rings is 1. The molecule has 3 heterocycles. The Morgan fingerprint density at radius 1 is 1.34 bits per heavy atom. The molecule has 1 aliphatic heterocycles. The number of ether oxygens (including phenoxy) is 1. The SMILES string of the molecule is COc1cccc(Cc2cnc([C@@]3(C)CCCN(C(=O)c4cc(C)on4)C3)o2)c1. The molecule has 2 aromatic heterocycles. The van der Waals surface area contributed by atoms with Gasteiger partial charge >= 0.3 is 0 Å². The number of nitrogens with zero attached hydrogens (tertiary/aromatic N) is 3. The first-order valence-corrected chi connectivity index (χ1v) is 9.77. The summed E-state index contributed by atoms with van der Waals surface area (Å²) in [7, 11) is 1.66. The van der Waals surface area contributed by atoms with Crippen molar-refractivity contribution in [1.82, 2.24) is 15.0 Å². The average molecular weight is 395 g/mol. The van der Waals surface area contributed by atoms with E-state index in [0.717, 1.165) is 29.9 Å². The Morgan fingerprint density at radius 2 is 2.21 bits per heavy atom. The van der Waals surface area contributed by atoms with Gasteiger partial charge in [-0.05, 0) is 44.4 Å². The molecule has 0 bridgehead atoms. The van der Waals surface area contributed by atoms with Gasteiger partial charge in [0.15, 0.2) is 5.69 Å². The van der Waals surface area contributed by atoms with Gasteiger partial charge in [0.2, 0.25) is 5.89 Å². The second kappa shape index (κ2) is 7.73. The molecule has 4 rings (SSSR count). The van der Waals surface area contributed by atoms with Crippen LogP contribution in [-0.4, -0.2) is 41.1 Å². The number of rotatable bonds is 5. The molecular weight excluding hydrogens is 370 g/mol. The van der Waals surface area contributed by atoms with Crippen molar-refractivity contribution in [3.63, 3.8) is 0 Å². The first kappa shape index (κ1) is 19.2. The summed E-state index contributed by atoms with van der Waals surface area (Å²) < 4.78 is 16.5. The number of aryl methyl sites for hydroxylation is 1. The number of likely N-dealkylation sites (tertiary alicyclic amines) is 1. The quantitative estimate of drug-likeness (QED) is 0.654. The Bertz CT molecular complexity index is 1010. The summed E-state index contributed by atoms with van der Waals surface area (Å²) in [6.07, 6.45) is 4.21. The summed E-state index contributed by atoms with van der Waals surface area (Å²) in [4.78, 5) is 19.1. The molecule has 29 heavy (non-hydrogen) atoms. The summed E-state index contributed by atoms with van der Waals surface area (Å²) >= 11 is 0. The van der Waals surface area contributed by atoms with Crippen LogP contribution < -0.4 is 4.74 Å². The maximum absolute atomic E-state index is 12.8. The van der Waals surface area contributed by atoms with Gasteiger partial charge in [-0.1, -0.05) is 17.3 Å². The van der Waals surface area contributed by atoms with Crippen LogP contribution in [0.3, 0.4) is 0 Å². The fourth-order valence-corrected chi connectivity index (χ4v) is 3.87. The zero-order valence-electron chi connectivity index (χ0n) is 17.0. The van der Waals surface area contributed by atoms with Crippen molar-refractivity contribution in [2.45, 2.75) is 38.5 Å². The molecule has 0 unspecified atom stereocenters. The van der Waals surface area contributed by atoms with Crippen molar-refractivity contribution in [3.8, 4) is 5.75 Å². The van der Waals surface area contributed by atoms with Crippen LogP contribution in [0.4, 0.5) is 0 Å². The number of oxazole rings is 1. The van der Waals surface area contributed by atoms with E-state index in [9.17, 15) is 4.79 Å². The molecule has 1 amide bonds. The van der Waals surface area contributed by atoms with E-state index in [2.05, 4.69) is 17.1 Å². The number of hydrogen-bond donors (Lipinski definition) is 0. The van der Waals surface area contributed by atoms with Crippen LogP contribution in [0.15, 0.2) is 45.5 Å². The normalized spacial score (nSPS) is 19.3. The van der Waals surface area contributed by atoms with E-state index in [4.69, 9.17) is 13.7 Å². The zero-order chi connectivity index (χ0) is 20.4. The number of carbonyl (C=O) groups is 1. The molecule has 1 saturated heterocycles. The molecule has 0 spiro atoms. The summed E-state index contributed by atoms with van der Waals surface area (Å²) in [6, 6.07) is 9.58. The lowest BCUT2D eigenvalue weighted by molar-refractivity contribution is 0.0615. The van der Waals surface area contributed by atoms with Crippen LogP contribution in [0.5, 0.6) is 5.75 Å². The Balaban J connectivity index is 1.49. The third kappa shape index (κ3) is 4.04. The number of carbonyl (C=O) groups excluding carboxylic acids is 1. The molecule has 1 fully saturated rings. The van der Waals surface area contributed by atoms with E-state index in [1.165, 1.54) is 0 Å². The highest BCUT2D eigenvalue weighted by molar-refractivity contribution is 5.92. The molecule has 0 saturated carbocycles. The Morgan fingerprint density at radius 3 is 2.97 bits per heavy atom. The smallest absolute Gasteiger partial charge is 0.276 e. The molecule has 0 N–H and O–H groups in total. The van der Waals surface area contributed by atoms with Crippen LogP contribution in [-0.2, 0) is 11.8 Å². The van der Waals surface area contributed by atoms with E-state index < -0.39 is 0 Å². The lowest BCUT2D eigenvalue weighted by Crippen LogP contribution is -2.47. The van der Waals surface area contributed by atoms with E-state index >= 15 is 0 Å². The predicted octanol–water partition coefficient (Wildman–Crippen LogP) is 3.76. The highest BCUT2D eigenvalue weighted by Crippen LogP contribution is 2.34. The fraction of sp³-hybridized carbons (Fsp3) is 0.409.